The van der Waals surface area contributed by atoms with E-state index < -0.39 is 28.4 Å². The Hall–Kier alpha value is -7.85. The number of hydrogen-bond acceptors (Lipinski definition) is 2. The lowest BCUT2D eigenvalue weighted by molar-refractivity contribution is 1.13. The van der Waals surface area contributed by atoms with Crippen LogP contribution in [-0.4, -0.2) is 38.4 Å². The molecule has 10 aromatic carbocycles. The maximum Gasteiger partial charge on any atom is 0.121 e. The average Bonchev–Trinajstić information content (AvgIpc) is 4.04. The van der Waals surface area contributed by atoms with Crippen molar-refractivity contribution in [2.75, 3.05) is 0 Å². The van der Waals surface area contributed by atoms with Crippen LogP contribution < -0.4 is 41.5 Å². The van der Waals surface area contributed by atoms with Crippen molar-refractivity contribution in [3.63, 3.8) is 0 Å². The molecule has 6 heteroatoms. The fraction of sp³-hybridized carbons (Fsp3) is 0.0303. The van der Waals surface area contributed by atoms with Gasteiger partial charge in [0.05, 0.1) is 11.4 Å². The molecule has 0 bridgehead atoms. The molecule has 1 saturated heterocycles. The highest BCUT2D eigenvalue weighted by atomic mass is 30.2. The molecule has 14 rings (SSSR count). The van der Waals surface area contributed by atoms with E-state index in [2.05, 4.69) is 273 Å². The molecule has 0 radical (unpaired) electrons. The number of benzene rings is 10. The Morgan fingerprint density at radius 1 is 0.264 bits per heavy atom. The van der Waals surface area contributed by atoms with E-state index in [1.807, 2.05) is 0 Å². The molecular weight excluding hydrogens is 933 g/mol. The molecule has 0 spiro atoms. The van der Waals surface area contributed by atoms with Crippen LogP contribution in [0.2, 0.25) is 0 Å². The summed E-state index contributed by atoms with van der Waals surface area (Å²) in [6.07, 6.45) is 3.54. The van der Waals surface area contributed by atoms with Crippen LogP contribution in [0.1, 0.15) is 22.3 Å². The topological polar surface area (TPSA) is 25.8 Å². The molecule has 3 aliphatic rings. The molecule has 2 heterocycles. The molecule has 1 aliphatic heterocycles. The maximum absolute atomic E-state index is 5.27. The first-order chi connectivity index (χ1) is 35.7. The predicted molar refractivity (Wildman–Crippen MR) is 309 cm³/mol. The molecule has 72 heavy (non-hydrogen) atoms. The minimum atomic E-state index is -3.39. The van der Waals surface area contributed by atoms with Crippen LogP contribution in [0.4, 0.5) is 0 Å². The highest BCUT2D eigenvalue weighted by Gasteiger charge is 2.94. The molecule has 0 atom stereocenters. The first kappa shape index (κ1) is 43.0. The number of nitrogens with zero attached hydrogens (tertiary/aromatic N) is 2. The molecule has 0 N–H and O–H groups in total. The fourth-order valence-corrected chi connectivity index (χ4v) is 136. The quantitative estimate of drug-likeness (QED) is 0.135. The molecular formula is C66H50N2Si4. The van der Waals surface area contributed by atoms with Gasteiger partial charge in [0.15, 0.2) is 0 Å². The molecule has 340 valence electrons. The van der Waals surface area contributed by atoms with E-state index in [0.717, 1.165) is 24.2 Å². The van der Waals surface area contributed by atoms with Gasteiger partial charge in [0.1, 0.15) is 34.8 Å². The van der Waals surface area contributed by atoms with Crippen molar-refractivity contribution in [1.29, 1.82) is 0 Å². The van der Waals surface area contributed by atoms with E-state index in [9.17, 15) is 0 Å². The second kappa shape index (κ2) is 16.9. The molecule has 0 saturated carbocycles. The Kier molecular flexibility index (Phi) is 10.1. The molecule has 0 amide bonds. The summed E-state index contributed by atoms with van der Waals surface area (Å²) in [6.45, 7) is 0. The Bertz CT molecular complexity index is 3650. The van der Waals surface area contributed by atoms with E-state index in [0.29, 0.717) is 0 Å². The maximum atomic E-state index is 5.27. The number of rotatable bonds is 9. The second-order valence-electron chi connectivity index (χ2n) is 19.8. The SMILES string of the molecule is c1ccc([Si]2(c3cccc(-c4ncnc5c4Cc4ccccc4-5)c3)[Si](c3ccccc3)(c3ccccc3)[Si](c3ccccc3)(c3cccc4c3Cc3ccccc3-4)[Si]2(c2ccccc2)c2ccccc2)cc1. The van der Waals surface area contributed by atoms with Gasteiger partial charge in [-0.05, 0) is 34.2 Å². The van der Waals surface area contributed by atoms with Gasteiger partial charge in [0.25, 0.3) is 0 Å². The first-order valence-corrected chi connectivity index (χ1v) is 37.3. The van der Waals surface area contributed by atoms with Gasteiger partial charge in [-0.2, -0.15) is 0 Å². The summed E-state index contributed by atoms with van der Waals surface area (Å²) in [4.78, 5) is 10.3. The van der Waals surface area contributed by atoms with Crippen LogP contribution >= 0.6 is 0 Å². The lowest BCUT2D eigenvalue weighted by Gasteiger charge is -2.79. The van der Waals surface area contributed by atoms with E-state index in [1.165, 1.54) is 75.6 Å². The molecule has 2 nitrogen and oxygen atoms in total. The summed E-state index contributed by atoms with van der Waals surface area (Å²) in [5.74, 6) is 0. The fourth-order valence-electron chi connectivity index (χ4n) is 14.8. The van der Waals surface area contributed by atoms with Crippen molar-refractivity contribution in [1.82, 2.24) is 9.97 Å². The summed E-state index contributed by atoms with van der Waals surface area (Å²) in [5, 5.41) is 12.3. The lowest BCUT2D eigenvalue weighted by Crippen LogP contribution is -3.25. The second-order valence-corrected chi connectivity index (χ2v) is 54.4. The van der Waals surface area contributed by atoms with Crippen LogP contribution in [0.3, 0.4) is 0 Å². The highest BCUT2D eigenvalue weighted by Crippen LogP contribution is 2.52. The third-order valence-corrected chi connectivity index (χ3v) is 94.3. The van der Waals surface area contributed by atoms with Gasteiger partial charge < -0.3 is 0 Å². The molecule has 2 aliphatic carbocycles. The smallest absolute Gasteiger partial charge is 0.121 e. The largest absolute Gasteiger partial charge is 0.236 e. The van der Waals surface area contributed by atoms with Crippen LogP contribution in [0.5, 0.6) is 0 Å². The van der Waals surface area contributed by atoms with Crippen molar-refractivity contribution in [2.24, 2.45) is 0 Å². The van der Waals surface area contributed by atoms with E-state index in [-0.39, 0.29) is 0 Å². The lowest BCUT2D eigenvalue weighted by atomic mass is 10.0. The zero-order chi connectivity index (χ0) is 47.7. The zero-order valence-electron chi connectivity index (χ0n) is 39.9. The predicted octanol–water partition coefficient (Wildman–Crippen LogP) is 8.97. The summed E-state index contributed by atoms with van der Waals surface area (Å²) >= 11 is 0. The van der Waals surface area contributed by atoms with Gasteiger partial charge in [0, 0.05) is 23.1 Å². The van der Waals surface area contributed by atoms with E-state index >= 15 is 0 Å². The van der Waals surface area contributed by atoms with Crippen molar-refractivity contribution < 1.29 is 0 Å². The molecule has 0 unspecified atom stereocenters. The van der Waals surface area contributed by atoms with Gasteiger partial charge >= 0.3 is 0 Å². The first-order valence-electron chi connectivity index (χ1n) is 25.3. The van der Waals surface area contributed by atoms with Gasteiger partial charge in [-0.1, -0.05) is 314 Å². The van der Waals surface area contributed by atoms with Crippen molar-refractivity contribution in [3.05, 3.63) is 302 Å². The van der Waals surface area contributed by atoms with E-state index in [1.54, 1.807) is 16.7 Å². The summed E-state index contributed by atoms with van der Waals surface area (Å²) < 4.78 is 0. The van der Waals surface area contributed by atoms with Gasteiger partial charge in [-0.25, -0.2) is 9.97 Å². The third-order valence-electron chi connectivity index (χ3n) is 16.9. The van der Waals surface area contributed by atoms with Crippen LogP contribution in [0, 0.1) is 0 Å². The van der Waals surface area contributed by atoms with Crippen molar-refractivity contribution in [3.8, 4) is 33.6 Å². The normalized spacial score (nSPS) is 18.5. The van der Waals surface area contributed by atoms with Gasteiger partial charge in [0.2, 0.25) is 0 Å². The highest BCUT2D eigenvalue weighted by molar-refractivity contribution is 8.27. The summed E-state index contributed by atoms with van der Waals surface area (Å²) in [7, 11) is -13.5. The van der Waals surface area contributed by atoms with Crippen molar-refractivity contribution >= 4 is 69.9 Å². The number of fused-ring (bicyclic) bond motifs is 6. The monoisotopic (exact) mass is 982 g/mol. The Morgan fingerprint density at radius 2 is 0.625 bits per heavy atom. The summed E-state index contributed by atoms with van der Waals surface area (Å²) in [5.41, 5.74) is 12.8. The molecule has 11 aromatic rings. The molecule has 1 aromatic heterocycles. The molecule has 1 fully saturated rings. The minimum absolute atomic E-state index is 0.818. The van der Waals surface area contributed by atoms with Gasteiger partial charge in [-0.15, -0.1) is 0 Å². The Morgan fingerprint density at radius 3 is 1.14 bits per heavy atom. The Balaban J connectivity index is 1.25. The number of aromatic nitrogens is 2. The van der Waals surface area contributed by atoms with Crippen molar-refractivity contribution in [2.45, 2.75) is 12.8 Å². The van der Waals surface area contributed by atoms with Gasteiger partial charge in [-0.3, -0.25) is 0 Å². The zero-order valence-corrected chi connectivity index (χ0v) is 43.9. The standard InChI is InChI=1S/C66H50N2Si4/c1-7-28-52(29-8-1)69(53-30-9-2-10-31-53)71(56-36-15-5-16-37-56,58-40-23-27-51(45-58)65-63-47-50-26-20-22-42-60(50)66(63)68-48-67-65)70(54-32-11-3-12-33-54,55-34-13-4-14-35-55)72(69,57-38-17-6-18-39-57)64-44-24-43-61-59-41-21-19-25-49(59)46-62(61)64/h1-45,48H,46-47H2. The van der Waals surface area contributed by atoms with Crippen LogP contribution in [0.15, 0.2) is 279 Å². The Labute approximate surface area is 425 Å². The van der Waals surface area contributed by atoms with Crippen LogP contribution in [0.25, 0.3) is 33.6 Å². The summed E-state index contributed by atoms with van der Waals surface area (Å²) in [6, 6.07) is 108. The van der Waals surface area contributed by atoms with Crippen LogP contribution in [-0.2, 0) is 12.8 Å². The third kappa shape index (κ3) is 5.58. The minimum Gasteiger partial charge on any atom is -0.236 e. The number of hydrogen-bond donors (Lipinski definition) is 0. The average molecular weight is 983 g/mol. The van der Waals surface area contributed by atoms with E-state index in [4.69, 9.17) is 9.97 Å².